The maximum absolute atomic E-state index is 11.6. The third-order valence-corrected chi connectivity index (χ3v) is 7.86. The van der Waals surface area contributed by atoms with Crippen LogP contribution in [-0.2, 0) is 16.0 Å². The molecule has 1 saturated heterocycles. The number of halogens is 1. The molecule has 0 amide bonds. The lowest BCUT2D eigenvalue weighted by molar-refractivity contribution is -0.118. The van der Waals surface area contributed by atoms with Crippen molar-refractivity contribution in [2.24, 2.45) is 11.3 Å². The number of aromatic nitrogens is 2. The second-order valence-corrected chi connectivity index (χ2v) is 10.5. The predicted molar refractivity (Wildman–Crippen MR) is 142 cm³/mol. The molecule has 0 radical (unpaired) electrons. The third kappa shape index (κ3) is 7.03. The van der Waals surface area contributed by atoms with Crippen LogP contribution in [0.5, 0.6) is 0 Å². The van der Waals surface area contributed by atoms with Gasteiger partial charge >= 0.3 is 0 Å². The second-order valence-electron chi connectivity index (χ2n) is 10.1. The lowest BCUT2D eigenvalue weighted by Gasteiger charge is -2.30. The number of ketones is 1. The van der Waals surface area contributed by atoms with Crippen molar-refractivity contribution in [3.8, 4) is 17.3 Å². The lowest BCUT2D eigenvalue weighted by atomic mass is 9.82. The summed E-state index contributed by atoms with van der Waals surface area (Å²) < 4.78 is 5.43. The number of nitrogens with zero attached hydrogens (tertiary/aromatic N) is 3. The van der Waals surface area contributed by atoms with E-state index in [9.17, 15) is 10.1 Å². The van der Waals surface area contributed by atoms with Gasteiger partial charge in [-0.1, -0.05) is 24.6 Å². The number of Topliss-reactive ketones (excluding diaryl/α,β-unsaturated/α-hetero) is 1. The molecule has 0 bridgehead atoms. The van der Waals surface area contributed by atoms with Crippen molar-refractivity contribution in [2.45, 2.75) is 64.3 Å². The van der Waals surface area contributed by atoms with Crippen molar-refractivity contribution in [2.75, 3.05) is 31.6 Å². The summed E-state index contributed by atoms with van der Waals surface area (Å²) in [4.78, 5) is 21.0. The molecular formula is C28H36ClN5O2. The van der Waals surface area contributed by atoms with Crippen LogP contribution in [0, 0.1) is 22.7 Å². The molecular weight excluding hydrogens is 474 g/mol. The molecule has 2 aromatic heterocycles. The van der Waals surface area contributed by atoms with Crippen molar-refractivity contribution in [3.63, 3.8) is 0 Å². The molecule has 0 aromatic carbocycles. The number of anilines is 1. The maximum Gasteiger partial charge on any atom is 0.146 e. The highest BCUT2D eigenvalue weighted by Gasteiger charge is 2.32. The Morgan fingerprint density at radius 1 is 1.25 bits per heavy atom. The number of hydrogen-bond donors (Lipinski definition) is 2. The molecule has 36 heavy (non-hydrogen) atoms. The van der Waals surface area contributed by atoms with E-state index in [1.54, 1.807) is 6.20 Å². The normalized spacial score (nSPS) is 21.5. The predicted octanol–water partition coefficient (Wildman–Crippen LogP) is 5.20. The van der Waals surface area contributed by atoms with Crippen LogP contribution in [0.2, 0.25) is 5.02 Å². The Morgan fingerprint density at radius 2 is 2.03 bits per heavy atom. The minimum absolute atomic E-state index is 0.274. The molecule has 8 heteroatoms. The number of rotatable bonds is 10. The molecule has 0 atom stereocenters. The maximum atomic E-state index is 11.6. The Kier molecular flexibility index (Phi) is 9.30. The molecule has 2 aromatic rings. The van der Waals surface area contributed by atoms with E-state index in [4.69, 9.17) is 21.3 Å². The fourth-order valence-corrected chi connectivity index (χ4v) is 5.27. The first-order valence-electron chi connectivity index (χ1n) is 13.1. The first-order valence-corrected chi connectivity index (χ1v) is 13.5. The van der Waals surface area contributed by atoms with Crippen LogP contribution in [-0.4, -0.2) is 48.1 Å². The SMILES string of the molecule is CCC(=O)CNC1CCC(Cc2cc(-c3cccc(NCC4(C#N)CCOCC4)n3)c(Cl)cn2)CC1. The summed E-state index contributed by atoms with van der Waals surface area (Å²) >= 11 is 6.54. The van der Waals surface area contributed by atoms with Crippen molar-refractivity contribution >= 4 is 23.2 Å². The largest absolute Gasteiger partial charge is 0.381 e. The zero-order valence-corrected chi connectivity index (χ0v) is 21.8. The smallest absolute Gasteiger partial charge is 0.146 e. The summed E-state index contributed by atoms with van der Waals surface area (Å²) in [5, 5.41) is 17.1. The van der Waals surface area contributed by atoms with Gasteiger partial charge in [0, 0.05) is 49.7 Å². The van der Waals surface area contributed by atoms with E-state index in [1.165, 1.54) is 0 Å². The molecule has 1 saturated carbocycles. The van der Waals surface area contributed by atoms with Crippen LogP contribution in [0.4, 0.5) is 5.82 Å². The first-order chi connectivity index (χ1) is 17.5. The molecule has 0 unspecified atom stereocenters. The number of nitrogens with one attached hydrogen (secondary N) is 2. The van der Waals surface area contributed by atoms with Crippen LogP contribution < -0.4 is 10.6 Å². The minimum atomic E-state index is -0.419. The van der Waals surface area contributed by atoms with Gasteiger partial charge in [-0.2, -0.15) is 5.26 Å². The van der Waals surface area contributed by atoms with Crippen LogP contribution in [0.1, 0.15) is 57.6 Å². The minimum Gasteiger partial charge on any atom is -0.381 e. The topological polar surface area (TPSA) is 99.9 Å². The van der Waals surface area contributed by atoms with Gasteiger partial charge < -0.3 is 15.4 Å². The standard InChI is InChI=1S/C28H36ClN5O2/c1-2-23(35)16-31-21-8-6-20(7-9-21)14-22-15-24(25(29)17-32-22)26-4-3-5-27(34-26)33-19-28(18-30)10-12-36-13-11-28/h3-5,15,17,20-21,31H,2,6-14,16,19H2,1H3,(H,33,34). The van der Waals surface area contributed by atoms with Crippen LogP contribution in [0.3, 0.4) is 0 Å². The Balaban J connectivity index is 1.37. The quantitative estimate of drug-likeness (QED) is 0.454. The van der Waals surface area contributed by atoms with E-state index < -0.39 is 5.41 Å². The van der Waals surface area contributed by atoms with Crippen LogP contribution in [0.15, 0.2) is 30.5 Å². The molecule has 2 fully saturated rings. The van der Waals surface area contributed by atoms with Gasteiger partial charge in [-0.05, 0) is 69.1 Å². The van der Waals surface area contributed by atoms with Gasteiger partial charge in [0.2, 0.25) is 0 Å². The molecule has 2 aliphatic rings. The molecule has 0 spiro atoms. The number of hydrogen-bond acceptors (Lipinski definition) is 7. The van der Waals surface area contributed by atoms with Gasteiger partial charge in [-0.3, -0.25) is 9.78 Å². The summed E-state index contributed by atoms with van der Waals surface area (Å²) in [6.45, 7) is 4.18. The lowest BCUT2D eigenvalue weighted by Crippen LogP contribution is -2.36. The average molecular weight is 510 g/mol. The van der Waals surface area contributed by atoms with Crippen molar-refractivity contribution in [1.29, 1.82) is 5.26 Å². The van der Waals surface area contributed by atoms with Gasteiger partial charge in [0.1, 0.15) is 11.6 Å². The van der Waals surface area contributed by atoms with Gasteiger partial charge in [0.15, 0.2) is 0 Å². The molecule has 1 aliphatic heterocycles. The van der Waals surface area contributed by atoms with E-state index >= 15 is 0 Å². The number of carbonyl (C=O) groups excluding carboxylic acids is 1. The molecule has 1 aliphatic carbocycles. The highest BCUT2D eigenvalue weighted by molar-refractivity contribution is 6.33. The van der Waals surface area contributed by atoms with Gasteiger partial charge in [0.25, 0.3) is 0 Å². The van der Waals surface area contributed by atoms with E-state index in [-0.39, 0.29) is 5.78 Å². The van der Waals surface area contributed by atoms with E-state index in [0.29, 0.717) is 49.7 Å². The van der Waals surface area contributed by atoms with Crippen molar-refractivity contribution in [3.05, 3.63) is 41.2 Å². The highest BCUT2D eigenvalue weighted by atomic mass is 35.5. The average Bonchev–Trinajstić information content (AvgIpc) is 2.93. The third-order valence-electron chi connectivity index (χ3n) is 7.56. The van der Waals surface area contributed by atoms with Crippen molar-refractivity contribution in [1.82, 2.24) is 15.3 Å². The Morgan fingerprint density at radius 3 is 2.75 bits per heavy atom. The van der Waals surface area contributed by atoms with Gasteiger partial charge in [-0.15, -0.1) is 0 Å². The molecule has 7 nitrogen and oxygen atoms in total. The van der Waals surface area contributed by atoms with Gasteiger partial charge in [0.05, 0.1) is 28.7 Å². The Hall–Kier alpha value is -2.53. The van der Waals surface area contributed by atoms with Crippen LogP contribution >= 0.6 is 11.6 Å². The monoisotopic (exact) mass is 509 g/mol. The zero-order valence-electron chi connectivity index (χ0n) is 21.1. The Bertz CT molecular complexity index is 1070. The highest BCUT2D eigenvalue weighted by Crippen LogP contribution is 2.32. The summed E-state index contributed by atoms with van der Waals surface area (Å²) in [5.74, 6) is 1.58. The molecule has 4 rings (SSSR count). The number of ether oxygens (including phenoxy) is 1. The van der Waals surface area contributed by atoms with E-state index in [2.05, 4.69) is 27.8 Å². The second kappa shape index (κ2) is 12.6. The van der Waals surface area contributed by atoms with Crippen LogP contribution in [0.25, 0.3) is 11.3 Å². The van der Waals surface area contributed by atoms with E-state index in [1.807, 2.05) is 25.1 Å². The first kappa shape index (κ1) is 26.5. The Labute approximate surface area is 219 Å². The molecule has 2 N–H and O–H groups in total. The van der Waals surface area contributed by atoms with Crippen molar-refractivity contribution < 1.29 is 9.53 Å². The molecule has 192 valence electrons. The summed E-state index contributed by atoms with van der Waals surface area (Å²) in [6.07, 6.45) is 9.12. The number of nitriles is 1. The summed E-state index contributed by atoms with van der Waals surface area (Å²) in [6, 6.07) is 10.8. The van der Waals surface area contributed by atoms with E-state index in [0.717, 1.165) is 67.7 Å². The fraction of sp³-hybridized carbons (Fsp3) is 0.571. The summed E-state index contributed by atoms with van der Waals surface area (Å²) in [7, 11) is 0. The fourth-order valence-electron chi connectivity index (χ4n) is 5.07. The van der Waals surface area contributed by atoms with Gasteiger partial charge in [-0.25, -0.2) is 4.98 Å². The number of carbonyl (C=O) groups is 1. The number of pyridine rings is 2. The zero-order chi connectivity index (χ0) is 25.4. The molecule has 3 heterocycles. The summed E-state index contributed by atoms with van der Waals surface area (Å²) in [5.41, 5.74) is 2.27.